The Hall–Kier alpha value is -8.36. The van der Waals surface area contributed by atoms with Crippen LogP contribution < -0.4 is 0 Å². The number of benzene rings is 7. The maximum absolute atomic E-state index is 6.83. The number of para-hydroxylation sites is 3. The van der Waals surface area contributed by atoms with Gasteiger partial charge in [0.1, 0.15) is 11.2 Å². The van der Waals surface area contributed by atoms with Gasteiger partial charge < -0.3 is 4.42 Å². The number of fused-ring (bicyclic) bond motifs is 6. The largest absolute Gasteiger partial charge is 0.455 e. The molecule has 7 aromatic carbocycles. The van der Waals surface area contributed by atoms with E-state index in [1.54, 1.807) is 0 Å². The summed E-state index contributed by atoms with van der Waals surface area (Å²) in [6, 6.07) is 59.6. The summed E-state index contributed by atoms with van der Waals surface area (Å²) in [5.41, 5.74) is 9.03. The SMILES string of the molecule is C1=CC(c2ccccc2)CC=C1c1nc(-c2ccccc2)nc(-c2cccc3oc4c(-c5nc(-c6ccccc6)nc(-n6c7ccccc7c7ccccc76)n5)cccc4c23)n1. The Morgan fingerprint density at radius 1 is 0.452 bits per heavy atom. The zero-order valence-corrected chi connectivity index (χ0v) is 33.3. The third-order valence-electron chi connectivity index (χ3n) is 11.7. The molecule has 62 heavy (non-hydrogen) atoms. The minimum atomic E-state index is 0.293. The van der Waals surface area contributed by atoms with Gasteiger partial charge in [0.15, 0.2) is 29.1 Å². The van der Waals surface area contributed by atoms with Crippen LogP contribution in [-0.4, -0.2) is 34.5 Å². The topological polar surface area (TPSA) is 95.4 Å². The summed E-state index contributed by atoms with van der Waals surface area (Å²) < 4.78 is 8.96. The highest BCUT2D eigenvalue weighted by Gasteiger charge is 2.23. The third kappa shape index (κ3) is 6.08. The molecule has 1 unspecified atom stereocenters. The molecular weight excluding hydrogens is 763 g/mol. The first kappa shape index (κ1) is 35.6. The minimum absolute atomic E-state index is 0.293. The molecule has 0 N–H and O–H groups in total. The summed E-state index contributed by atoms with van der Waals surface area (Å²) in [6.07, 6.45) is 7.47. The molecular formula is C54H35N7O. The highest BCUT2D eigenvalue weighted by molar-refractivity contribution is 6.15. The molecule has 8 heteroatoms. The van der Waals surface area contributed by atoms with Crippen LogP contribution in [0.15, 0.2) is 199 Å². The summed E-state index contributed by atoms with van der Waals surface area (Å²) in [5, 5.41) is 4.06. The van der Waals surface area contributed by atoms with Crippen molar-refractivity contribution in [3.05, 3.63) is 206 Å². The number of aromatic nitrogens is 7. The van der Waals surface area contributed by atoms with Crippen molar-refractivity contribution >= 4 is 49.3 Å². The predicted octanol–water partition coefficient (Wildman–Crippen LogP) is 12.8. The van der Waals surface area contributed by atoms with E-state index in [4.69, 9.17) is 34.3 Å². The van der Waals surface area contributed by atoms with Crippen LogP contribution in [0.25, 0.3) is 101 Å². The van der Waals surface area contributed by atoms with Crippen LogP contribution in [0.2, 0.25) is 0 Å². The Labute approximate surface area is 356 Å². The van der Waals surface area contributed by atoms with Crippen molar-refractivity contribution in [2.45, 2.75) is 12.3 Å². The average molecular weight is 798 g/mol. The van der Waals surface area contributed by atoms with E-state index in [1.807, 2.05) is 97.1 Å². The van der Waals surface area contributed by atoms with E-state index in [2.05, 4.69) is 102 Å². The normalized spacial score (nSPS) is 13.9. The van der Waals surface area contributed by atoms with Crippen molar-refractivity contribution in [1.29, 1.82) is 0 Å². The summed E-state index contributed by atoms with van der Waals surface area (Å²) >= 11 is 0. The van der Waals surface area contributed by atoms with E-state index in [-0.39, 0.29) is 0 Å². The van der Waals surface area contributed by atoms with Gasteiger partial charge in [0.05, 0.1) is 16.6 Å². The second-order valence-corrected chi connectivity index (χ2v) is 15.4. The molecule has 0 bridgehead atoms. The number of furan rings is 1. The molecule has 1 aliphatic rings. The van der Waals surface area contributed by atoms with Crippen LogP contribution in [0.5, 0.6) is 0 Å². The molecule has 1 aliphatic carbocycles. The zero-order chi connectivity index (χ0) is 41.0. The van der Waals surface area contributed by atoms with Gasteiger partial charge in [-0.25, -0.2) is 19.9 Å². The first-order chi connectivity index (χ1) is 30.7. The van der Waals surface area contributed by atoms with Gasteiger partial charge in [-0.1, -0.05) is 170 Å². The molecule has 0 spiro atoms. The van der Waals surface area contributed by atoms with Gasteiger partial charge in [0, 0.05) is 49.7 Å². The number of rotatable bonds is 7. The lowest BCUT2D eigenvalue weighted by Crippen LogP contribution is -2.06. The van der Waals surface area contributed by atoms with E-state index in [0.29, 0.717) is 52.2 Å². The molecule has 0 saturated carbocycles. The molecule has 0 aliphatic heterocycles. The third-order valence-corrected chi connectivity index (χ3v) is 11.7. The average Bonchev–Trinajstić information content (AvgIpc) is 3.91. The van der Waals surface area contributed by atoms with Gasteiger partial charge in [0.25, 0.3) is 0 Å². The maximum Gasteiger partial charge on any atom is 0.238 e. The Morgan fingerprint density at radius 3 is 1.66 bits per heavy atom. The summed E-state index contributed by atoms with van der Waals surface area (Å²) in [4.78, 5) is 30.9. The van der Waals surface area contributed by atoms with E-state index in [0.717, 1.165) is 66.8 Å². The number of hydrogen-bond donors (Lipinski definition) is 0. The Bertz CT molecular complexity index is 3500. The lowest BCUT2D eigenvalue weighted by atomic mass is 9.90. The fraction of sp³-hybridized carbons (Fsp3) is 0.0370. The summed E-state index contributed by atoms with van der Waals surface area (Å²) in [6.45, 7) is 0. The first-order valence-electron chi connectivity index (χ1n) is 20.7. The minimum Gasteiger partial charge on any atom is -0.455 e. The lowest BCUT2D eigenvalue weighted by molar-refractivity contribution is 0.669. The Balaban J connectivity index is 1.03. The van der Waals surface area contributed by atoms with Crippen LogP contribution in [0.4, 0.5) is 0 Å². The van der Waals surface area contributed by atoms with Crippen molar-refractivity contribution in [2.24, 2.45) is 0 Å². The molecule has 1 atom stereocenters. The molecule has 12 rings (SSSR count). The van der Waals surface area contributed by atoms with Gasteiger partial charge in [-0.15, -0.1) is 0 Å². The number of nitrogens with zero attached hydrogens (tertiary/aromatic N) is 7. The van der Waals surface area contributed by atoms with Crippen molar-refractivity contribution < 1.29 is 4.42 Å². The molecule has 4 heterocycles. The molecule has 8 nitrogen and oxygen atoms in total. The first-order valence-corrected chi connectivity index (χ1v) is 20.7. The molecule has 11 aromatic rings. The highest BCUT2D eigenvalue weighted by atomic mass is 16.3. The van der Waals surface area contributed by atoms with E-state index >= 15 is 0 Å². The molecule has 4 aromatic heterocycles. The predicted molar refractivity (Wildman–Crippen MR) is 247 cm³/mol. The smallest absolute Gasteiger partial charge is 0.238 e. The molecule has 0 fully saturated rings. The standard InChI is InChI=1S/C54H35N7O/c1-4-16-34(17-5-1)35-30-32-38(33-31-35)50-55-49(36-18-6-2-7-19-36)56-52(57-50)42-25-15-29-46-47(42)41-24-14-26-43(48(41)62-46)53-58-51(37-20-8-3-9-21-37)59-54(60-53)61-44-27-12-10-22-39(44)40-23-11-13-28-45(40)61/h1-30,32-33,35H,31H2. The molecule has 0 amide bonds. The molecule has 0 radical (unpaired) electrons. The van der Waals surface area contributed by atoms with Gasteiger partial charge in [0.2, 0.25) is 5.95 Å². The van der Waals surface area contributed by atoms with Crippen LogP contribution in [0.1, 0.15) is 23.7 Å². The van der Waals surface area contributed by atoms with E-state index in [1.165, 1.54) is 5.56 Å². The van der Waals surface area contributed by atoms with Crippen LogP contribution in [0.3, 0.4) is 0 Å². The maximum atomic E-state index is 6.83. The van der Waals surface area contributed by atoms with E-state index < -0.39 is 0 Å². The molecule has 292 valence electrons. The Kier molecular flexibility index (Phi) is 8.45. The van der Waals surface area contributed by atoms with Crippen LogP contribution in [-0.2, 0) is 0 Å². The van der Waals surface area contributed by atoms with E-state index in [9.17, 15) is 0 Å². The zero-order valence-electron chi connectivity index (χ0n) is 33.3. The Morgan fingerprint density at radius 2 is 0.984 bits per heavy atom. The van der Waals surface area contributed by atoms with Gasteiger partial charge in [-0.3, -0.25) is 4.57 Å². The number of hydrogen-bond acceptors (Lipinski definition) is 7. The van der Waals surface area contributed by atoms with Crippen LogP contribution >= 0.6 is 0 Å². The van der Waals surface area contributed by atoms with Crippen molar-refractivity contribution in [2.75, 3.05) is 0 Å². The summed E-state index contributed by atoms with van der Waals surface area (Å²) in [5.74, 6) is 3.67. The van der Waals surface area contributed by atoms with Crippen LogP contribution in [0, 0.1) is 0 Å². The second kappa shape index (κ2) is 14.7. The van der Waals surface area contributed by atoms with Gasteiger partial charge in [-0.05, 0) is 36.2 Å². The van der Waals surface area contributed by atoms with Gasteiger partial charge >= 0.3 is 0 Å². The van der Waals surface area contributed by atoms with Crippen molar-refractivity contribution in [3.63, 3.8) is 0 Å². The van der Waals surface area contributed by atoms with Gasteiger partial charge in [-0.2, -0.15) is 9.97 Å². The quantitative estimate of drug-likeness (QED) is 0.158. The van der Waals surface area contributed by atoms with Crippen molar-refractivity contribution in [1.82, 2.24) is 34.5 Å². The highest BCUT2D eigenvalue weighted by Crippen LogP contribution is 2.41. The fourth-order valence-corrected chi connectivity index (χ4v) is 8.73. The van der Waals surface area contributed by atoms with Crippen molar-refractivity contribution in [3.8, 4) is 51.5 Å². The fourth-order valence-electron chi connectivity index (χ4n) is 8.73. The second-order valence-electron chi connectivity index (χ2n) is 15.4. The summed E-state index contributed by atoms with van der Waals surface area (Å²) in [7, 11) is 0. The lowest BCUT2D eigenvalue weighted by Gasteiger charge is -2.17. The monoisotopic (exact) mass is 797 g/mol. The number of allylic oxidation sites excluding steroid dienone is 4. The molecule has 0 saturated heterocycles.